The van der Waals surface area contributed by atoms with Crippen LogP contribution in [0.2, 0.25) is 0 Å². The molecule has 0 unspecified atom stereocenters. The zero-order valence-electron chi connectivity index (χ0n) is 27.0. The molecule has 0 aromatic heterocycles. The van der Waals surface area contributed by atoms with Crippen molar-refractivity contribution in [1.82, 2.24) is 0 Å². The van der Waals surface area contributed by atoms with Crippen molar-refractivity contribution in [2.75, 3.05) is 7.11 Å². The third-order valence-electron chi connectivity index (χ3n) is 11.7. The number of carbonyl (C=O) groups excluding carboxylic acids is 2. The van der Waals surface area contributed by atoms with Crippen LogP contribution in [0.15, 0.2) is 11.6 Å². The van der Waals surface area contributed by atoms with Crippen LogP contribution >= 0.6 is 0 Å². The molecule has 38 heavy (non-hydrogen) atoms. The fourth-order valence-electron chi connectivity index (χ4n) is 8.33. The molecular weight excluding hydrogens is 472 g/mol. The van der Waals surface area contributed by atoms with Gasteiger partial charge in [0.05, 0.1) is 18.6 Å². The van der Waals surface area contributed by atoms with Crippen LogP contribution in [0.4, 0.5) is 0 Å². The fraction of sp³-hybridized carbons (Fsp3) is 0.882. The molecule has 2 fully saturated rings. The first kappa shape index (κ1) is 33.0. The number of aliphatic hydroxyl groups excluding tert-OH is 1. The molecule has 0 saturated heterocycles. The van der Waals surface area contributed by atoms with E-state index in [-0.39, 0.29) is 44.9 Å². The van der Waals surface area contributed by atoms with Gasteiger partial charge >= 0.3 is 5.97 Å². The van der Waals surface area contributed by atoms with Crippen molar-refractivity contribution in [2.24, 2.45) is 38.4 Å². The quantitative estimate of drug-likeness (QED) is 0.213. The normalized spacial score (nSPS) is 32.4. The highest BCUT2D eigenvalue weighted by Crippen LogP contribution is 2.68. The average molecular weight is 533 g/mol. The lowest BCUT2D eigenvalue weighted by Gasteiger charge is -2.64. The maximum atomic E-state index is 13.1. The summed E-state index contributed by atoms with van der Waals surface area (Å²) in [5.41, 5.74) is 0.307. The minimum absolute atomic E-state index is 0.102. The zero-order valence-corrected chi connectivity index (χ0v) is 27.0. The lowest BCUT2D eigenvalue weighted by Crippen LogP contribution is -2.57. The van der Waals surface area contributed by atoms with Crippen molar-refractivity contribution < 1.29 is 19.4 Å². The molecule has 0 amide bonds. The molecule has 4 nitrogen and oxygen atoms in total. The van der Waals surface area contributed by atoms with Crippen molar-refractivity contribution >= 4 is 11.8 Å². The monoisotopic (exact) mass is 532 g/mol. The van der Waals surface area contributed by atoms with Crippen LogP contribution in [-0.4, -0.2) is 30.1 Å². The Morgan fingerprint density at radius 2 is 1.53 bits per heavy atom. The number of aliphatic hydroxyl groups is 1. The van der Waals surface area contributed by atoms with Gasteiger partial charge in [0.2, 0.25) is 0 Å². The number of carbonyl (C=O) groups is 2. The van der Waals surface area contributed by atoms with Gasteiger partial charge < -0.3 is 9.84 Å². The lowest BCUT2D eigenvalue weighted by atomic mass is 9.41. The van der Waals surface area contributed by atoms with Crippen LogP contribution in [0.3, 0.4) is 0 Å². The number of ether oxygens (including phenoxy) is 1. The van der Waals surface area contributed by atoms with E-state index in [4.69, 9.17) is 4.74 Å². The van der Waals surface area contributed by atoms with Crippen LogP contribution in [-0.2, 0) is 14.3 Å². The molecule has 2 saturated carbocycles. The summed E-state index contributed by atoms with van der Waals surface area (Å²) in [5.74, 6) is 0.323. The largest absolute Gasteiger partial charge is 0.469 e. The second-order valence-electron chi connectivity index (χ2n) is 15.7. The van der Waals surface area contributed by atoms with E-state index in [0.29, 0.717) is 5.92 Å². The van der Waals surface area contributed by atoms with Gasteiger partial charge in [-0.15, -0.1) is 0 Å². The second kappa shape index (κ2) is 11.4. The van der Waals surface area contributed by atoms with E-state index in [1.165, 1.54) is 12.7 Å². The molecule has 0 spiro atoms. The van der Waals surface area contributed by atoms with Crippen molar-refractivity contribution in [3.63, 3.8) is 0 Å². The topological polar surface area (TPSA) is 63.6 Å². The predicted octanol–water partition coefficient (Wildman–Crippen LogP) is 8.70. The number of ketones is 1. The summed E-state index contributed by atoms with van der Waals surface area (Å²) in [6.45, 7) is 24.4. The molecule has 0 bridgehead atoms. The van der Waals surface area contributed by atoms with Crippen molar-refractivity contribution in [1.29, 1.82) is 0 Å². The number of rotatable bonds is 11. The highest BCUT2D eigenvalue weighted by atomic mass is 16.5. The lowest BCUT2D eigenvalue weighted by molar-refractivity contribution is -0.154. The van der Waals surface area contributed by atoms with Gasteiger partial charge in [-0.3, -0.25) is 9.59 Å². The molecule has 0 aromatic carbocycles. The van der Waals surface area contributed by atoms with E-state index in [2.05, 4.69) is 69.2 Å². The minimum Gasteiger partial charge on any atom is -0.469 e. The molecule has 0 aliphatic heterocycles. The van der Waals surface area contributed by atoms with Crippen LogP contribution in [0.5, 0.6) is 0 Å². The Morgan fingerprint density at radius 1 is 0.947 bits per heavy atom. The Labute approximate surface area is 234 Å². The van der Waals surface area contributed by atoms with Crippen molar-refractivity contribution in [2.45, 2.75) is 146 Å². The molecule has 0 heterocycles. The van der Waals surface area contributed by atoms with E-state index in [1.54, 1.807) is 6.92 Å². The molecule has 1 N–H and O–H groups in total. The molecule has 2 aliphatic carbocycles. The Kier molecular flexibility index (Phi) is 9.89. The molecule has 4 heteroatoms. The maximum absolute atomic E-state index is 13.1. The van der Waals surface area contributed by atoms with Gasteiger partial charge in [-0.25, -0.2) is 0 Å². The third kappa shape index (κ3) is 6.26. The van der Waals surface area contributed by atoms with E-state index >= 15 is 0 Å². The molecular formula is C34H60O4. The highest BCUT2D eigenvalue weighted by Gasteiger charge is 2.61. The van der Waals surface area contributed by atoms with Crippen molar-refractivity contribution in [3.05, 3.63) is 11.6 Å². The van der Waals surface area contributed by atoms with Crippen LogP contribution in [0.25, 0.3) is 0 Å². The van der Waals surface area contributed by atoms with Gasteiger partial charge in [0.1, 0.15) is 0 Å². The average Bonchev–Trinajstić information content (AvgIpc) is 2.81. The highest BCUT2D eigenvalue weighted by molar-refractivity contribution is 5.88. The summed E-state index contributed by atoms with van der Waals surface area (Å²) in [6, 6.07) is 0. The Morgan fingerprint density at radius 3 is 2.05 bits per heavy atom. The van der Waals surface area contributed by atoms with Gasteiger partial charge in [0, 0.05) is 0 Å². The second-order valence-corrected chi connectivity index (χ2v) is 15.7. The Hall–Kier alpha value is -1.16. The van der Waals surface area contributed by atoms with Gasteiger partial charge in [-0.05, 0) is 111 Å². The van der Waals surface area contributed by atoms with Crippen LogP contribution in [0, 0.1) is 38.4 Å². The molecule has 2 rings (SSSR count). The fourth-order valence-corrected chi connectivity index (χ4v) is 8.33. The van der Waals surface area contributed by atoms with Crippen LogP contribution < -0.4 is 0 Å². The van der Waals surface area contributed by atoms with Gasteiger partial charge in [0.15, 0.2) is 5.78 Å². The van der Waals surface area contributed by atoms with Gasteiger partial charge in [0.25, 0.3) is 0 Å². The van der Waals surface area contributed by atoms with Crippen LogP contribution in [0.1, 0.15) is 140 Å². The summed E-state index contributed by atoms with van der Waals surface area (Å²) in [4.78, 5) is 25.8. The summed E-state index contributed by atoms with van der Waals surface area (Å²) in [6.07, 6.45) is 11.1. The number of esters is 1. The first-order valence-electron chi connectivity index (χ1n) is 15.2. The first-order valence-corrected chi connectivity index (χ1v) is 15.2. The molecule has 0 radical (unpaired) electrons. The summed E-state index contributed by atoms with van der Waals surface area (Å²) in [5, 5.41) is 10.9. The SMILES string of the molecule is CCCC(C)(C)CC[C@@](C)(CCC(C)(C)[C@]1(C)CC[C@H]2C(C)(C)[C@@H](O)CC[C@]2(C)/C1=C/C(C)=O)C(=O)OC. The molecule has 5 atom stereocenters. The smallest absolute Gasteiger partial charge is 0.311 e. The van der Waals surface area contributed by atoms with E-state index in [1.807, 2.05) is 6.08 Å². The minimum atomic E-state index is -0.532. The number of hydrogen-bond donors (Lipinski definition) is 1. The number of methoxy groups -OCH3 is 1. The predicted molar refractivity (Wildman–Crippen MR) is 158 cm³/mol. The third-order valence-corrected chi connectivity index (χ3v) is 11.7. The summed E-state index contributed by atoms with van der Waals surface area (Å²) in [7, 11) is 1.51. The van der Waals surface area contributed by atoms with Crippen molar-refractivity contribution in [3.8, 4) is 0 Å². The summed E-state index contributed by atoms with van der Waals surface area (Å²) >= 11 is 0. The van der Waals surface area contributed by atoms with E-state index in [0.717, 1.165) is 64.2 Å². The number of fused-ring (bicyclic) bond motifs is 1. The van der Waals surface area contributed by atoms with E-state index in [9.17, 15) is 14.7 Å². The standard InChI is InChI=1S/C34H60O4/c1-13-16-29(3,4)19-21-32(9,28(37)38-12)22-20-30(5,6)34(11)18-14-25-31(7,8)27(36)15-17-33(25,10)26(34)23-24(2)35/h23,25,27,36H,13-22H2,1-12H3/b26-23-/t25-,27-,32-,33-,34+/m0/s1. The first-order chi connectivity index (χ1) is 17.2. The zero-order chi connectivity index (χ0) is 29.4. The molecule has 2 aliphatic rings. The van der Waals surface area contributed by atoms with Gasteiger partial charge in [-0.2, -0.15) is 0 Å². The summed E-state index contributed by atoms with van der Waals surface area (Å²) < 4.78 is 5.35. The number of hydrogen-bond acceptors (Lipinski definition) is 4. The Bertz CT molecular complexity index is 896. The van der Waals surface area contributed by atoms with E-state index < -0.39 is 5.41 Å². The molecule has 220 valence electrons. The number of allylic oxidation sites excluding steroid dienone is 2. The van der Waals surface area contributed by atoms with Gasteiger partial charge in [-0.1, -0.05) is 74.3 Å². The maximum Gasteiger partial charge on any atom is 0.311 e. The molecule has 0 aromatic rings. The Balaban J connectivity index is 2.43.